The highest BCUT2D eigenvalue weighted by Crippen LogP contribution is 2.15. The molecular weight excluding hydrogens is 341 g/mol. The molecule has 6 nitrogen and oxygen atoms in total. The first kappa shape index (κ1) is 18.1. The molecule has 0 atom stereocenters. The lowest BCUT2D eigenvalue weighted by Crippen LogP contribution is -2.43. The molecule has 0 spiro atoms. The molecule has 0 saturated carbocycles. The van der Waals surface area contributed by atoms with Gasteiger partial charge in [0.25, 0.3) is 11.8 Å². The number of hydrazine groups is 1. The largest absolute Gasteiger partial charge is 0.484 e. The Labute approximate surface area is 140 Å². The van der Waals surface area contributed by atoms with Crippen molar-refractivity contribution in [3.05, 3.63) is 59.9 Å². The fourth-order valence-electron chi connectivity index (χ4n) is 1.75. The van der Waals surface area contributed by atoms with Crippen LogP contribution in [0.5, 0.6) is 11.5 Å². The fourth-order valence-corrected chi connectivity index (χ4v) is 1.75. The van der Waals surface area contributed by atoms with Gasteiger partial charge in [0, 0.05) is 11.6 Å². The average molecular weight is 354 g/mol. The van der Waals surface area contributed by atoms with E-state index in [0.717, 1.165) is 12.1 Å². The highest BCUT2D eigenvalue weighted by molar-refractivity contribution is 5.95. The monoisotopic (exact) mass is 354 g/mol. The van der Waals surface area contributed by atoms with Crippen LogP contribution in [0.15, 0.2) is 48.5 Å². The molecule has 2 aromatic rings. The predicted molar refractivity (Wildman–Crippen MR) is 80.6 cm³/mol. The normalized spacial score (nSPS) is 10.2. The van der Waals surface area contributed by atoms with E-state index in [4.69, 9.17) is 4.74 Å². The van der Waals surface area contributed by atoms with Crippen molar-refractivity contribution in [2.45, 2.75) is 6.61 Å². The van der Waals surface area contributed by atoms with Gasteiger partial charge < -0.3 is 9.47 Å². The van der Waals surface area contributed by atoms with Gasteiger partial charge in [0.1, 0.15) is 17.3 Å². The second kappa shape index (κ2) is 8.57. The topological polar surface area (TPSA) is 76.7 Å². The maximum absolute atomic E-state index is 13.0. The van der Waals surface area contributed by atoms with Gasteiger partial charge in [-0.2, -0.15) is 8.78 Å². The van der Waals surface area contributed by atoms with Crippen LogP contribution in [0.1, 0.15) is 10.4 Å². The first-order valence-electron chi connectivity index (χ1n) is 6.96. The molecule has 0 fully saturated rings. The maximum Gasteiger partial charge on any atom is 0.387 e. The molecular formula is C16H13F3N2O4. The first-order valence-corrected chi connectivity index (χ1v) is 6.96. The molecule has 0 unspecified atom stereocenters. The minimum Gasteiger partial charge on any atom is -0.484 e. The Balaban J connectivity index is 1.82. The van der Waals surface area contributed by atoms with E-state index in [1.54, 1.807) is 0 Å². The number of carbonyl (C=O) groups is 2. The van der Waals surface area contributed by atoms with E-state index in [1.165, 1.54) is 36.4 Å². The molecule has 0 aliphatic rings. The van der Waals surface area contributed by atoms with Crippen molar-refractivity contribution in [3.63, 3.8) is 0 Å². The Morgan fingerprint density at radius 3 is 2.44 bits per heavy atom. The SMILES string of the molecule is O=C(COc1cccc(F)c1)NNC(=O)c1cccc(OC(F)F)c1. The van der Waals surface area contributed by atoms with Crippen molar-refractivity contribution < 1.29 is 32.2 Å². The van der Waals surface area contributed by atoms with Gasteiger partial charge >= 0.3 is 6.61 Å². The van der Waals surface area contributed by atoms with Gasteiger partial charge in [-0.3, -0.25) is 20.4 Å². The lowest BCUT2D eigenvalue weighted by Gasteiger charge is -2.10. The molecule has 132 valence electrons. The summed E-state index contributed by atoms with van der Waals surface area (Å²) in [7, 11) is 0. The summed E-state index contributed by atoms with van der Waals surface area (Å²) in [5.74, 6) is -1.99. The summed E-state index contributed by atoms with van der Waals surface area (Å²) in [6, 6.07) is 10.2. The standard InChI is InChI=1S/C16H13F3N2O4/c17-11-4-2-5-12(8-11)24-9-14(22)20-21-15(23)10-3-1-6-13(7-10)25-16(18)19/h1-8,16H,9H2,(H,20,22)(H,21,23). The molecule has 0 aliphatic carbocycles. The molecule has 2 rings (SSSR count). The zero-order valence-electron chi connectivity index (χ0n) is 12.7. The van der Waals surface area contributed by atoms with E-state index < -0.39 is 30.8 Å². The number of benzene rings is 2. The number of alkyl halides is 2. The van der Waals surface area contributed by atoms with Crippen LogP contribution in [0.25, 0.3) is 0 Å². The lowest BCUT2D eigenvalue weighted by molar-refractivity contribution is -0.123. The van der Waals surface area contributed by atoms with Crippen LogP contribution in [0.4, 0.5) is 13.2 Å². The lowest BCUT2D eigenvalue weighted by atomic mass is 10.2. The Morgan fingerprint density at radius 1 is 1.00 bits per heavy atom. The third kappa shape index (κ3) is 6.05. The zero-order valence-corrected chi connectivity index (χ0v) is 12.7. The third-order valence-electron chi connectivity index (χ3n) is 2.80. The second-order valence-corrected chi connectivity index (χ2v) is 4.65. The van der Waals surface area contributed by atoms with Crippen molar-refractivity contribution in [2.24, 2.45) is 0 Å². The smallest absolute Gasteiger partial charge is 0.387 e. The molecule has 25 heavy (non-hydrogen) atoms. The van der Waals surface area contributed by atoms with Crippen molar-refractivity contribution in [1.29, 1.82) is 0 Å². The number of nitrogens with one attached hydrogen (secondary N) is 2. The van der Waals surface area contributed by atoms with E-state index in [1.807, 2.05) is 0 Å². The van der Waals surface area contributed by atoms with Crippen molar-refractivity contribution in [3.8, 4) is 11.5 Å². The molecule has 0 radical (unpaired) electrons. The summed E-state index contributed by atoms with van der Waals surface area (Å²) in [6.07, 6.45) is 0. The Morgan fingerprint density at radius 2 is 1.72 bits per heavy atom. The molecule has 0 bridgehead atoms. The quantitative estimate of drug-likeness (QED) is 0.781. The molecule has 0 saturated heterocycles. The maximum atomic E-state index is 13.0. The highest BCUT2D eigenvalue weighted by Gasteiger charge is 2.11. The van der Waals surface area contributed by atoms with Crippen LogP contribution >= 0.6 is 0 Å². The summed E-state index contributed by atoms with van der Waals surface area (Å²) >= 11 is 0. The fraction of sp³-hybridized carbons (Fsp3) is 0.125. The Kier molecular flexibility index (Phi) is 6.21. The summed E-state index contributed by atoms with van der Waals surface area (Å²) < 4.78 is 46.4. The molecule has 2 amide bonds. The second-order valence-electron chi connectivity index (χ2n) is 4.65. The molecule has 2 N–H and O–H groups in total. The molecule has 0 heterocycles. The van der Waals surface area contributed by atoms with E-state index >= 15 is 0 Å². The van der Waals surface area contributed by atoms with E-state index in [0.29, 0.717) is 0 Å². The van der Waals surface area contributed by atoms with Gasteiger partial charge in [-0.25, -0.2) is 4.39 Å². The van der Waals surface area contributed by atoms with Gasteiger partial charge in [-0.15, -0.1) is 0 Å². The van der Waals surface area contributed by atoms with Crippen LogP contribution in [0.2, 0.25) is 0 Å². The number of ether oxygens (including phenoxy) is 2. The Bertz CT molecular complexity index is 756. The first-order chi connectivity index (χ1) is 11.9. The van der Waals surface area contributed by atoms with Crippen molar-refractivity contribution in [1.82, 2.24) is 10.9 Å². The number of halogens is 3. The average Bonchev–Trinajstić information content (AvgIpc) is 2.57. The number of hydrogen-bond donors (Lipinski definition) is 2. The van der Waals surface area contributed by atoms with Crippen molar-refractivity contribution in [2.75, 3.05) is 6.61 Å². The Hall–Kier alpha value is -3.23. The number of amides is 2. The number of rotatable bonds is 6. The molecule has 2 aromatic carbocycles. The molecule has 0 aromatic heterocycles. The number of hydrogen-bond acceptors (Lipinski definition) is 4. The minimum absolute atomic E-state index is 0.00417. The van der Waals surface area contributed by atoms with Gasteiger partial charge in [0.15, 0.2) is 6.61 Å². The predicted octanol–water partition coefficient (Wildman–Crippen LogP) is 2.27. The summed E-state index contributed by atoms with van der Waals surface area (Å²) in [5.41, 5.74) is 4.18. The minimum atomic E-state index is -3.02. The summed E-state index contributed by atoms with van der Waals surface area (Å²) in [5, 5.41) is 0. The van der Waals surface area contributed by atoms with Gasteiger partial charge in [-0.05, 0) is 30.3 Å². The number of carbonyl (C=O) groups excluding carboxylic acids is 2. The summed E-state index contributed by atoms with van der Waals surface area (Å²) in [6.45, 7) is -3.48. The van der Waals surface area contributed by atoms with Crippen LogP contribution < -0.4 is 20.3 Å². The van der Waals surface area contributed by atoms with E-state index in [-0.39, 0.29) is 17.1 Å². The van der Waals surface area contributed by atoms with Gasteiger partial charge in [0.2, 0.25) is 0 Å². The zero-order chi connectivity index (χ0) is 18.2. The van der Waals surface area contributed by atoms with Crippen LogP contribution in [0.3, 0.4) is 0 Å². The van der Waals surface area contributed by atoms with Gasteiger partial charge in [0.05, 0.1) is 0 Å². The van der Waals surface area contributed by atoms with E-state index in [9.17, 15) is 22.8 Å². The molecule has 0 aliphatic heterocycles. The summed E-state index contributed by atoms with van der Waals surface area (Å²) in [4.78, 5) is 23.4. The molecule has 9 heteroatoms. The third-order valence-corrected chi connectivity index (χ3v) is 2.80. The van der Waals surface area contributed by atoms with E-state index in [2.05, 4.69) is 15.6 Å². The van der Waals surface area contributed by atoms with Crippen LogP contribution in [0, 0.1) is 5.82 Å². The van der Waals surface area contributed by atoms with Crippen LogP contribution in [-0.2, 0) is 4.79 Å². The van der Waals surface area contributed by atoms with Gasteiger partial charge in [-0.1, -0.05) is 12.1 Å². The van der Waals surface area contributed by atoms with Crippen LogP contribution in [-0.4, -0.2) is 25.0 Å². The van der Waals surface area contributed by atoms with Crippen molar-refractivity contribution >= 4 is 11.8 Å². The highest BCUT2D eigenvalue weighted by atomic mass is 19.3.